The van der Waals surface area contributed by atoms with Gasteiger partial charge in [0.25, 0.3) is 0 Å². The van der Waals surface area contributed by atoms with Crippen molar-refractivity contribution in [1.29, 1.82) is 0 Å². The number of hydrogen-bond acceptors (Lipinski definition) is 2. The molecular formula is C13H15ClN2O. The summed E-state index contributed by atoms with van der Waals surface area (Å²) >= 11 is 6.05. The molecular weight excluding hydrogens is 236 g/mol. The highest BCUT2D eigenvalue weighted by atomic mass is 35.5. The Morgan fingerprint density at radius 1 is 1.41 bits per heavy atom. The van der Waals surface area contributed by atoms with Gasteiger partial charge in [0, 0.05) is 13.0 Å². The predicted octanol–water partition coefficient (Wildman–Crippen LogP) is 2.55. The van der Waals surface area contributed by atoms with Crippen molar-refractivity contribution < 1.29 is 4.79 Å². The average Bonchev–Trinajstić information content (AvgIpc) is 2.59. The number of rotatable bonds is 2. The zero-order valence-corrected chi connectivity index (χ0v) is 10.5. The summed E-state index contributed by atoms with van der Waals surface area (Å²) < 4.78 is 1.63. The van der Waals surface area contributed by atoms with Gasteiger partial charge < -0.3 is 0 Å². The molecule has 0 spiro atoms. The molecule has 1 aromatic rings. The van der Waals surface area contributed by atoms with Crippen LogP contribution in [0.3, 0.4) is 0 Å². The van der Waals surface area contributed by atoms with Crippen LogP contribution in [-0.4, -0.2) is 15.6 Å². The molecule has 3 fully saturated rings. The highest BCUT2D eigenvalue weighted by molar-refractivity contribution is 6.33. The first-order chi connectivity index (χ1) is 8.18. The zero-order valence-electron chi connectivity index (χ0n) is 9.77. The van der Waals surface area contributed by atoms with E-state index in [2.05, 4.69) is 5.10 Å². The second kappa shape index (κ2) is 3.14. The molecule has 0 aromatic carbocycles. The minimum atomic E-state index is 0.238. The zero-order chi connectivity index (χ0) is 11.7. The lowest BCUT2D eigenvalue weighted by atomic mass is 9.98. The van der Waals surface area contributed by atoms with Crippen LogP contribution in [-0.2, 0) is 7.05 Å². The van der Waals surface area contributed by atoms with Gasteiger partial charge in [-0.05, 0) is 42.9 Å². The molecule has 3 aliphatic rings. The van der Waals surface area contributed by atoms with E-state index in [0.29, 0.717) is 22.6 Å². The standard InChI is InChI=1S/C13H15ClN2O/c1-16-12(8(14)5-15-16)13(17)11-9-6-2-3-7(4-6)10(9)11/h5-7,9-11H,2-4H2,1H3. The summed E-state index contributed by atoms with van der Waals surface area (Å²) in [5.74, 6) is 3.49. The maximum atomic E-state index is 12.5. The van der Waals surface area contributed by atoms with Crippen molar-refractivity contribution in [2.24, 2.45) is 36.6 Å². The van der Waals surface area contributed by atoms with Gasteiger partial charge in [0.15, 0.2) is 5.78 Å². The van der Waals surface area contributed by atoms with Crippen LogP contribution in [0.4, 0.5) is 0 Å². The largest absolute Gasteiger partial charge is 0.292 e. The van der Waals surface area contributed by atoms with Crippen molar-refractivity contribution in [3.05, 3.63) is 16.9 Å². The number of fused-ring (bicyclic) bond motifs is 5. The molecule has 4 rings (SSSR count). The fourth-order valence-electron chi connectivity index (χ4n) is 4.52. The van der Waals surface area contributed by atoms with Gasteiger partial charge in [-0.2, -0.15) is 5.10 Å². The van der Waals surface area contributed by atoms with Crippen molar-refractivity contribution in [2.75, 3.05) is 0 Å². The number of aromatic nitrogens is 2. The molecule has 3 aliphatic carbocycles. The van der Waals surface area contributed by atoms with E-state index < -0.39 is 0 Å². The number of carbonyl (C=O) groups is 1. The van der Waals surface area contributed by atoms with E-state index in [0.717, 1.165) is 11.8 Å². The molecule has 1 heterocycles. The molecule has 4 unspecified atom stereocenters. The van der Waals surface area contributed by atoms with Gasteiger partial charge in [0.2, 0.25) is 0 Å². The Hall–Kier alpha value is -0.830. The van der Waals surface area contributed by atoms with Gasteiger partial charge in [-0.15, -0.1) is 0 Å². The minimum absolute atomic E-state index is 0.238. The summed E-state index contributed by atoms with van der Waals surface area (Å²) in [5.41, 5.74) is 0.616. The van der Waals surface area contributed by atoms with Gasteiger partial charge >= 0.3 is 0 Å². The summed E-state index contributed by atoms with van der Waals surface area (Å²) in [6.07, 6.45) is 5.63. The maximum Gasteiger partial charge on any atom is 0.186 e. The van der Waals surface area contributed by atoms with Gasteiger partial charge in [0.05, 0.1) is 11.2 Å². The van der Waals surface area contributed by atoms with E-state index in [1.807, 2.05) is 0 Å². The number of aryl methyl sites for hydroxylation is 1. The van der Waals surface area contributed by atoms with Crippen LogP contribution >= 0.6 is 11.6 Å². The molecule has 0 radical (unpaired) electrons. The molecule has 4 heteroatoms. The van der Waals surface area contributed by atoms with Crippen LogP contribution in [0.2, 0.25) is 5.02 Å². The average molecular weight is 251 g/mol. The molecule has 17 heavy (non-hydrogen) atoms. The molecule has 1 aromatic heterocycles. The number of Topliss-reactive ketones (excluding diaryl/α,β-unsaturated/α-hetero) is 1. The number of halogens is 1. The molecule has 90 valence electrons. The van der Waals surface area contributed by atoms with Crippen molar-refractivity contribution in [1.82, 2.24) is 9.78 Å². The SMILES string of the molecule is Cn1ncc(Cl)c1C(=O)C1C2C3CCC(C3)C12. The van der Waals surface area contributed by atoms with Gasteiger partial charge in [-0.1, -0.05) is 11.6 Å². The Morgan fingerprint density at radius 3 is 2.59 bits per heavy atom. The van der Waals surface area contributed by atoms with Gasteiger partial charge in [0.1, 0.15) is 5.69 Å². The van der Waals surface area contributed by atoms with Crippen molar-refractivity contribution in [3.8, 4) is 0 Å². The van der Waals surface area contributed by atoms with E-state index in [1.54, 1.807) is 17.9 Å². The fourth-order valence-corrected chi connectivity index (χ4v) is 4.78. The first kappa shape index (κ1) is 10.1. The Kier molecular flexibility index (Phi) is 1.87. The quantitative estimate of drug-likeness (QED) is 0.756. The summed E-state index contributed by atoms with van der Waals surface area (Å²) in [6.45, 7) is 0. The third-order valence-corrected chi connectivity index (χ3v) is 5.44. The lowest BCUT2D eigenvalue weighted by molar-refractivity contribution is 0.0935. The maximum absolute atomic E-state index is 12.5. The second-order valence-electron chi connectivity index (χ2n) is 5.84. The normalized spacial score (nSPS) is 41.6. The summed E-state index contributed by atoms with van der Waals surface area (Å²) in [5, 5.41) is 4.57. The lowest BCUT2D eigenvalue weighted by Gasteiger charge is -2.08. The van der Waals surface area contributed by atoms with E-state index in [1.165, 1.54) is 19.3 Å². The molecule has 0 amide bonds. The Balaban J connectivity index is 1.64. The lowest BCUT2D eigenvalue weighted by Crippen LogP contribution is -2.14. The van der Waals surface area contributed by atoms with Crippen molar-refractivity contribution in [3.63, 3.8) is 0 Å². The molecule has 0 aliphatic heterocycles. The Labute approximate surface area is 105 Å². The molecule has 0 saturated heterocycles. The third kappa shape index (κ3) is 1.18. The van der Waals surface area contributed by atoms with Crippen LogP contribution in [0.1, 0.15) is 29.8 Å². The third-order valence-electron chi connectivity index (χ3n) is 5.17. The Morgan fingerprint density at radius 2 is 2.06 bits per heavy atom. The van der Waals surface area contributed by atoms with Crippen LogP contribution < -0.4 is 0 Å². The molecule has 3 saturated carbocycles. The summed E-state index contributed by atoms with van der Waals surface area (Å²) in [7, 11) is 1.80. The Bertz CT molecular complexity index is 474. The summed E-state index contributed by atoms with van der Waals surface area (Å²) in [4.78, 5) is 12.5. The predicted molar refractivity (Wildman–Crippen MR) is 63.8 cm³/mol. The van der Waals surface area contributed by atoms with E-state index in [9.17, 15) is 4.79 Å². The van der Waals surface area contributed by atoms with Crippen LogP contribution in [0.5, 0.6) is 0 Å². The smallest absolute Gasteiger partial charge is 0.186 e. The fraction of sp³-hybridized carbons (Fsp3) is 0.692. The second-order valence-corrected chi connectivity index (χ2v) is 6.25. The van der Waals surface area contributed by atoms with Crippen molar-refractivity contribution >= 4 is 17.4 Å². The number of nitrogens with zero attached hydrogens (tertiary/aromatic N) is 2. The van der Waals surface area contributed by atoms with Gasteiger partial charge in [-0.3, -0.25) is 9.48 Å². The first-order valence-electron chi connectivity index (χ1n) is 6.40. The van der Waals surface area contributed by atoms with E-state index in [4.69, 9.17) is 11.6 Å². The molecule has 3 nitrogen and oxygen atoms in total. The van der Waals surface area contributed by atoms with E-state index >= 15 is 0 Å². The van der Waals surface area contributed by atoms with Gasteiger partial charge in [-0.25, -0.2) is 0 Å². The molecule has 4 atom stereocenters. The van der Waals surface area contributed by atoms with Crippen molar-refractivity contribution in [2.45, 2.75) is 19.3 Å². The number of ketones is 1. The number of hydrogen-bond donors (Lipinski definition) is 0. The number of carbonyl (C=O) groups excluding carboxylic acids is 1. The minimum Gasteiger partial charge on any atom is -0.292 e. The van der Waals surface area contributed by atoms with Crippen LogP contribution in [0, 0.1) is 29.6 Å². The first-order valence-corrected chi connectivity index (χ1v) is 6.78. The molecule has 0 N–H and O–H groups in total. The summed E-state index contributed by atoms with van der Waals surface area (Å²) in [6, 6.07) is 0. The molecule has 2 bridgehead atoms. The highest BCUT2D eigenvalue weighted by Crippen LogP contribution is 2.70. The topological polar surface area (TPSA) is 34.9 Å². The van der Waals surface area contributed by atoms with Crippen LogP contribution in [0.15, 0.2) is 6.20 Å². The highest BCUT2D eigenvalue weighted by Gasteiger charge is 2.67. The van der Waals surface area contributed by atoms with E-state index in [-0.39, 0.29) is 11.7 Å². The van der Waals surface area contributed by atoms with Crippen LogP contribution in [0.25, 0.3) is 0 Å². The monoisotopic (exact) mass is 250 g/mol.